The molecule has 2 aromatic carbocycles. The first-order chi connectivity index (χ1) is 18.0. The van der Waals surface area contributed by atoms with Gasteiger partial charge in [-0.25, -0.2) is 9.97 Å². The number of aromatic nitrogens is 2. The molecule has 2 heterocycles. The standard InChI is InChI=1S/C30H31Cl2N3O2/c31-23-12-8-20(9-13-23)28-29(21-10-14-24(32)15-11-21)34-30-26(33-28)7-5-17-35(30)16-4-2-1-3-6-22-18-25(36)19-27(22)37/h8-15,22H,1-7,16-19H2. The predicted molar refractivity (Wildman–Crippen MR) is 149 cm³/mol. The molecule has 3 aromatic rings. The van der Waals surface area contributed by atoms with Crippen LogP contribution in [0, 0.1) is 5.92 Å². The van der Waals surface area contributed by atoms with Crippen LogP contribution in [0.2, 0.25) is 10.0 Å². The highest BCUT2D eigenvalue weighted by molar-refractivity contribution is 6.31. The van der Waals surface area contributed by atoms with Gasteiger partial charge in [-0.1, -0.05) is 66.7 Å². The van der Waals surface area contributed by atoms with Crippen molar-refractivity contribution in [3.63, 3.8) is 0 Å². The number of hydrogen-bond donors (Lipinski definition) is 0. The molecular formula is C30H31Cl2N3O2. The van der Waals surface area contributed by atoms with Gasteiger partial charge in [0.15, 0.2) is 5.82 Å². The maximum Gasteiger partial charge on any atom is 0.151 e. The van der Waals surface area contributed by atoms with Crippen LogP contribution in [0.25, 0.3) is 22.5 Å². The lowest BCUT2D eigenvalue weighted by Gasteiger charge is -2.30. The smallest absolute Gasteiger partial charge is 0.151 e. The second-order valence-electron chi connectivity index (χ2n) is 10.1. The molecule has 1 aliphatic heterocycles. The summed E-state index contributed by atoms with van der Waals surface area (Å²) in [4.78, 5) is 36.0. The van der Waals surface area contributed by atoms with E-state index in [9.17, 15) is 9.59 Å². The molecule has 2 aliphatic rings. The Morgan fingerprint density at radius 1 is 0.811 bits per heavy atom. The number of Topliss-reactive ketones (excluding diaryl/α,β-unsaturated/α-hetero) is 2. The molecule has 192 valence electrons. The summed E-state index contributed by atoms with van der Waals surface area (Å²) < 4.78 is 0. The van der Waals surface area contributed by atoms with Crippen molar-refractivity contribution in [2.45, 2.75) is 57.8 Å². The average Bonchev–Trinajstić information content (AvgIpc) is 3.22. The Bertz CT molecular complexity index is 1280. The summed E-state index contributed by atoms with van der Waals surface area (Å²) in [6, 6.07) is 15.5. The lowest BCUT2D eigenvalue weighted by atomic mass is 9.98. The Balaban J connectivity index is 1.30. The van der Waals surface area contributed by atoms with E-state index >= 15 is 0 Å². The van der Waals surface area contributed by atoms with Crippen molar-refractivity contribution in [1.29, 1.82) is 0 Å². The molecule has 1 fully saturated rings. The molecule has 1 aromatic heterocycles. The van der Waals surface area contributed by atoms with Crippen LogP contribution >= 0.6 is 23.2 Å². The Morgan fingerprint density at radius 3 is 2.05 bits per heavy atom. The first-order valence-corrected chi connectivity index (χ1v) is 14.0. The van der Waals surface area contributed by atoms with Crippen molar-refractivity contribution < 1.29 is 9.59 Å². The first-order valence-electron chi connectivity index (χ1n) is 13.2. The maximum atomic E-state index is 11.9. The van der Waals surface area contributed by atoms with Crippen LogP contribution < -0.4 is 4.90 Å². The fourth-order valence-electron chi connectivity index (χ4n) is 5.37. The Morgan fingerprint density at radius 2 is 1.43 bits per heavy atom. The van der Waals surface area contributed by atoms with Crippen LogP contribution in [0.15, 0.2) is 48.5 Å². The van der Waals surface area contributed by atoms with Crippen molar-refractivity contribution in [2.75, 3.05) is 18.0 Å². The van der Waals surface area contributed by atoms with E-state index in [1.54, 1.807) is 0 Å². The lowest BCUT2D eigenvalue weighted by Crippen LogP contribution is -2.32. The van der Waals surface area contributed by atoms with Crippen LogP contribution in [-0.2, 0) is 16.0 Å². The molecule has 1 unspecified atom stereocenters. The molecule has 1 saturated carbocycles. The fraction of sp³-hybridized carbons (Fsp3) is 0.400. The van der Waals surface area contributed by atoms with E-state index in [4.69, 9.17) is 33.2 Å². The third-order valence-electron chi connectivity index (χ3n) is 7.35. The second-order valence-corrected chi connectivity index (χ2v) is 11.0. The van der Waals surface area contributed by atoms with Crippen LogP contribution in [0.5, 0.6) is 0 Å². The Labute approximate surface area is 228 Å². The molecule has 0 spiro atoms. The van der Waals surface area contributed by atoms with Crippen LogP contribution in [0.1, 0.15) is 57.1 Å². The molecular weight excluding hydrogens is 505 g/mol. The molecule has 0 radical (unpaired) electrons. The number of rotatable bonds is 9. The van der Waals surface area contributed by atoms with E-state index in [0.717, 1.165) is 92.1 Å². The number of nitrogens with zero attached hydrogens (tertiary/aromatic N) is 3. The largest absolute Gasteiger partial charge is 0.355 e. The normalized spacial score (nSPS) is 17.4. The zero-order valence-corrected chi connectivity index (χ0v) is 22.4. The number of aryl methyl sites for hydroxylation is 1. The van der Waals surface area contributed by atoms with Gasteiger partial charge in [0.2, 0.25) is 0 Å². The number of benzene rings is 2. The quantitative estimate of drug-likeness (QED) is 0.211. The molecule has 1 atom stereocenters. The van der Waals surface area contributed by atoms with E-state index in [2.05, 4.69) is 4.90 Å². The molecule has 5 nitrogen and oxygen atoms in total. The Hall–Kier alpha value is -2.76. The molecule has 1 aliphatic carbocycles. The van der Waals surface area contributed by atoms with Crippen molar-refractivity contribution in [3.8, 4) is 22.5 Å². The number of anilines is 1. The van der Waals surface area contributed by atoms with Gasteiger partial charge in [0, 0.05) is 46.6 Å². The number of carbonyl (C=O) groups is 2. The van der Waals surface area contributed by atoms with Gasteiger partial charge in [0.25, 0.3) is 0 Å². The molecule has 0 amide bonds. The highest BCUT2D eigenvalue weighted by atomic mass is 35.5. The minimum atomic E-state index is -0.0297. The summed E-state index contributed by atoms with van der Waals surface area (Å²) >= 11 is 12.3. The highest BCUT2D eigenvalue weighted by Gasteiger charge is 2.30. The molecule has 0 saturated heterocycles. The summed E-state index contributed by atoms with van der Waals surface area (Å²) in [5, 5.41) is 1.38. The summed E-state index contributed by atoms with van der Waals surface area (Å²) in [5.74, 6) is 1.20. The fourth-order valence-corrected chi connectivity index (χ4v) is 5.62. The van der Waals surface area contributed by atoms with E-state index < -0.39 is 0 Å². The number of ketones is 2. The third-order valence-corrected chi connectivity index (χ3v) is 7.86. The minimum Gasteiger partial charge on any atom is -0.355 e. The number of fused-ring (bicyclic) bond motifs is 1. The van der Waals surface area contributed by atoms with Crippen molar-refractivity contribution in [1.82, 2.24) is 9.97 Å². The van der Waals surface area contributed by atoms with Crippen LogP contribution in [-0.4, -0.2) is 34.6 Å². The predicted octanol–water partition coefficient (Wildman–Crippen LogP) is 7.37. The van der Waals surface area contributed by atoms with Crippen molar-refractivity contribution >= 4 is 40.6 Å². The number of carbonyl (C=O) groups excluding carboxylic acids is 2. The van der Waals surface area contributed by atoms with Gasteiger partial charge in [-0.05, 0) is 49.9 Å². The van der Waals surface area contributed by atoms with Gasteiger partial charge < -0.3 is 4.90 Å². The van der Waals surface area contributed by atoms with E-state index in [1.165, 1.54) is 0 Å². The molecule has 5 rings (SSSR count). The lowest BCUT2D eigenvalue weighted by molar-refractivity contribution is -0.122. The van der Waals surface area contributed by atoms with Gasteiger partial charge in [0.1, 0.15) is 11.6 Å². The number of unbranched alkanes of at least 4 members (excludes halogenated alkanes) is 3. The van der Waals surface area contributed by atoms with E-state index in [0.29, 0.717) is 16.5 Å². The van der Waals surface area contributed by atoms with Crippen LogP contribution in [0.3, 0.4) is 0 Å². The maximum absolute atomic E-state index is 11.9. The average molecular weight is 537 g/mol. The topological polar surface area (TPSA) is 63.2 Å². The second kappa shape index (κ2) is 11.7. The zero-order chi connectivity index (χ0) is 25.8. The van der Waals surface area contributed by atoms with Crippen molar-refractivity contribution in [2.24, 2.45) is 5.92 Å². The first kappa shape index (κ1) is 25.9. The molecule has 0 N–H and O–H groups in total. The monoisotopic (exact) mass is 535 g/mol. The third kappa shape index (κ3) is 6.22. The van der Waals surface area contributed by atoms with Gasteiger partial charge >= 0.3 is 0 Å². The minimum absolute atomic E-state index is 0.0297. The van der Waals surface area contributed by atoms with E-state index in [1.807, 2.05) is 48.5 Å². The van der Waals surface area contributed by atoms with Gasteiger partial charge in [-0.15, -0.1) is 0 Å². The zero-order valence-electron chi connectivity index (χ0n) is 20.9. The SMILES string of the molecule is O=C1CC(=O)C(CCCCCCN2CCCc3nc(-c4ccc(Cl)cc4)c(-c4ccc(Cl)cc4)nc32)C1. The highest BCUT2D eigenvalue weighted by Crippen LogP contribution is 2.35. The molecule has 7 heteroatoms. The van der Waals surface area contributed by atoms with Gasteiger partial charge in [0.05, 0.1) is 23.5 Å². The van der Waals surface area contributed by atoms with Crippen molar-refractivity contribution in [3.05, 3.63) is 64.3 Å². The molecule has 37 heavy (non-hydrogen) atoms. The van der Waals surface area contributed by atoms with Gasteiger partial charge in [-0.3, -0.25) is 9.59 Å². The summed E-state index contributed by atoms with van der Waals surface area (Å²) in [5.41, 5.74) is 4.72. The van der Waals surface area contributed by atoms with Gasteiger partial charge in [-0.2, -0.15) is 0 Å². The molecule has 0 bridgehead atoms. The van der Waals surface area contributed by atoms with Crippen LogP contribution in [0.4, 0.5) is 5.82 Å². The number of hydrogen-bond acceptors (Lipinski definition) is 5. The Kier molecular flexibility index (Phi) is 8.21. The summed E-state index contributed by atoms with van der Waals surface area (Å²) in [7, 11) is 0. The summed E-state index contributed by atoms with van der Waals surface area (Å²) in [6.07, 6.45) is 7.67. The number of halogens is 2. The van der Waals surface area contributed by atoms with E-state index in [-0.39, 0.29) is 23.9 Å². The summed E-state index contributed by atoms with van der Waals surface area (Å²) in [6.45, 7) is 1.91.